The molecule has 3 rings (SSSR count). The summed E-state index contributed by atoms with van der Waals surface area (Å²) in [6, 6.07) is 17.6. The lowest BCUT2D eigenvalue weighted by Crippen LogP contribution is -2.25. The van der Waals surface area contributed by atoms with Gasteiger partial charge in [-0.2, -0.15) is 0 Å². The van der Waals surface area contributed by atoms with E-state index in [1.54, 1.807) is 36.4 Å². The van der Waals surface area contributed by atoms with Crippen LogP contribution in [-0.2, 0) is 23.0 Å². The van der Waals surface area contributed by atoms with E-state index in [0.29, 0.717) is 33.7 Å². The van der Waals surface area contributed by atoms with Crippen LogP contribution in [0.15, 0.2) is 70.0 Å². The Bertz CT molecular complexity index is 954. The second kappa shape index (κ2) is 9.22. The topological polar surface area (TPSA) is 59.3 Å². The summed E-state index contributed by atoms with van der Waals surface area (Å²) < 4.78 is 17.9. The lowest BCUT2D eigenvalue weighted by atomic mass is 10.1. The first-order chi connectivity index (χ1) is 13.0. The van der Waals surface area contributed by atoms with Gasteiger partial charge in [-0.1, -0.05) is 41.4 Å². The maximum absolute atomic E-state index is 12.4. The molecule has 0 aliphatic carbocycles. The van der Waals surface area contributed by atoms with E-state index in [-0.39, 0.29) is 17.4 Å². The Kier molecular flexibility index (Phi) is 6.72. The maximum atomic E-state index is 12.4. The highest BCUT2D eigenvalue weighted by Crippen LogP contribution is 2.18. The molecule has 4 nitrogen and oxygen atoms in total. The summed E-state index contributed by atoms with van der Waals surface area (Å²) in [5.41, 5.74) is 1.08. The van der Waals surface area contributed by atoms with Crippen LogP contribution in [-0.4, -0.2) is 16.7 Å². The lowest BCUT2D eigenvalue weighted by Gasteiger charge is -2.04. The normalized spacial score (nSPS) is 11.9. The molecule has 1 N–H and O–H groups in total. The number of rotatable bonds is 7. The van der Waals surface area contributed by atoms with Crippen LogP contribution in [0.25, 0.3) is 0 Å². The Morgan fingerprint density at radius 1 is 1.00 bits per heavy atom. The van der Waals surface area contributed by atoms with Crippen LogP contribution in [0.4, 0.5) is 0 Å². The van der Waals surface area contributed by atoms with Gasteiger partial charge in [0, 0.05) is 21.5 Å². The van der Waals surface area contributed by atoms with Crippen LogP contribution in [0.3, 0.4) is 0 Å². The van der Waals surface area contributed by atoms with Gasteiger partial charge in [0.25, 0.3) is 5.91 Å². The molecule has 0 saturated carbocycles. The molecular weight excluding hydrogens is 405 g/mol. The Morgan fingerprint density at radius 2 is 1.78 bits per heavy atom. The monoisotopic (exact) mass is 421 g/mol. The van der Waals surface area contributed by atoms with E-state index in [1.165, 1.54) is 0 Å². The van der Waals surface area contributed by atoms with Gasteiger partial charge in [0.2, 0.25) is 0 Å². The molecule has 7 heteroatoms. The molecule has 2 aromatic carbocycles. The minimum Gasteiger partial charge on any atom is -0.455 e. The van der Waals surface area contributed by atoms with Crippen molar-refractivity contribution in [3.05, 3.63) is 87.8 Å². The van der Waals surface area contributed by atoms with Gasteiger partial charge in [0.15, 0.2) is 5.76 Å². The summed E-state index contributed by atoms with van der Waals surface area (Å²) in [5, 5.41) is 4.02. The summed E-state index contributed by atoms with van der Waals surface area (Å²) in [4.78, 5) is 12.8. The summed E-state index contributed by atoms with van der Waals surface area (Å²) in [6.45, 7) is 0.477. The third-order valence-electron chi connectivity index (χ3n) is 3.83. The molecule has 0 aliphatic heterocycles. The van der Waals surface area contributed by atoms with Crippen LogP contribution >= 0.6 is 23.2 Å². The fraction of sp³-hybridized carbons (Fsp3) is 0.150. The minimum absolute atomic E-state index is 0.179. The Labute approximate surface area is 169 Å². The Morgan fingerprint density at radius 3 is 2.52 bits per heavy atom. The highest BCUT2D eigenvalue weighted by Gasteiger charge is 2.13. The van der Waals surface area contributed by atoms with Gasteiger partial charge in [-0.15, -0.1) is 0 Å². The highest BCUT2D eigenvalue weighted by atomic mass is 35.5. The number of furan rings is 1. The van der Waals surface area contributed by atoms with Crippen molar-refractivity contribution in [1.82, 2.24) is 5.32 Å². The van der Waals surface area contributed by atoms with Crippen molar-refractivity contribution in [1.29, 1.82) is 0 Å². The molecular formula is C20H17Cl2NO3S. The van der Waals surface area contributed by atoms with Crippen molar-refractivity contribution in [2.24, 2.45) is 0 Å². The van der Waals surface area contributed by atoms with Gasteiger partial charge >= 0.3 is 0 Å². The van der Waals surface area contributed by atoms with Gasteiger partial charge in [-0.25, -0.2) is 0 Å². The van der Waals surface area contributed by atoms with E-state index in [4.69, 9.17) is 27.6 Å². The first-order valence-electron chi connectivity index (χ1n) is 8.26. The minimum atomic E-state index is -1.30. The summed E-state index contributed by atoms with van der Waals surface area (Å²) in [5.74, 6) is 0.558. The van der Waals surface area contributed by atoms with E-state index >= 15 is 0 Å². The Hall–Kier alpha value is -2.08. The van der Waals surface area contributed by atoms with Crippen molar-refractivity contribution >= 4 is 39.9 Å². The zero-order chi connectivity index (χ0) is 19.2. The molecule has 140 valence electrons. The predicted molar refractivity (Wildman–Crippen MR) is 108 cm³/mol. The van der Waals surface area contributed by atoms with E-state index in [9.17, 15) is 9.00 Å². The second-order valence-corrected chi connectivity index (χ2v) is 8.17. The maximum Gasteiger partial charge on any atom is 0.287 e. The molecule has 0 unspecified atom stereocenters. The average Bonchev–Trinajstić information content (AvgIpc) is 3.12. The predicted octanol–water partition coefficient (Wildman–Crippen LogP) is 4.87. The smallest absolute Gasteiger partial charge is 0.287 e. The standard InChI is InChI=1S/C20H17Cl2NO3S/c21-15-6-4-14(5-7-15)10-11-23-20(24)19-9-8-17(26-19)13-27(25)18-3-1-2-16(22)12-18/h1-9,12H,10-11,13H2,(H,23,24)/t27-/m1/s1. The van der Waals surface area contributed by atoms with E-state index in [1.807, 2.05) is 24.3 Å². The number of amides is 1. The molecule has 1 atom stereocenters. The summed E-state index contributed by atoms with van der Waals surface area (Å²) in [7, 11) is -1.30. The van der Waals surface area contributed by atoms with Crippen LogP contribution in [0.1, 0.15) is 21.9 Å². The van der Waals surface area contributed by atoms with E-state index in [2.05, 4.69) is 5.32 Å². The number of carbonyl (C=O) groups excluding carboxylic acids is 1. The fourth-order valence-corrected chi connectivity index (χ4v) is 3.91. The molecule has 0 bridgehead atoms. The molecule has 0 spiro atoms. The first kappa shape index (κ1) is 19.7. The highest BCUT2D eigenvalue weighted by molar-refractivity contribution is 7.84. The molecule has 0 radical (unpaired) electrons. The SMILES string of the molecule is O=C(NCCc1ccc(Cl)cc1)c1ccc(C[S@@](=O)c2cccc(Cl)c2)o1. The van der Waals surface area contributed by atoms with Crippen molar-refractivity contribution in [3.63, 3.8) is 0 Å². The van der Waals surface area contributed by atoms with E-state index in [0.717, 1.165) is 5.56 Å². The van der Waals surface area contributed by atoms with Crippen molar-refractivity contribution < 1.29 is 13.4 Å². The van der Waals surface area contributed by atoms with Crippen LogP contribution in [0.2, 0.25) is 10.0 Å². The van der Waals surface area contributed by atoms with Gasteiger partial charge in [-0.3, -0.25) is 9.00 Å². The molecule has 0 aliphatic rings. The zero-order valence-corrected chi connectivity index (χ0v) is 16.6. The van der Waals surface area contributed by atoms with Gasteiger partial charge in [-0.05, 0) is 54.4 Å². The third kappa shape index (κ3) is 5.70. The lowest BCUT2D eigenvalue weighted by molar-refractivity contribution is 0.0925. The molecule has 1 aromatic heterocycles. The molecule has 3 aromatic rings. The molecule has 1 amide bonds. The second-order valence-electron chi connectivity index (χ2n) is 5.85. The Balaban J connectivity index is 1.52. The zero-order valence-electron chi connectivity index (χ0n) is 14.3. The number of carbonyl (C=O) groups is 1. The molecule has 27 heavy (non-hydrogen) atoms. The first-order valence-corrected chi connectivity index (χ1v) is 10.3. The number of hydrogen-bond acceptors (Lipinski definition) is 3. The summed E-state index contributed by atoms with van der Waals surface area (Å²) >= 11 is 11.8. The number of hydrogen-bond donors (Lipinski definition) is 1. The van der Waals surface area contributed by atoms with Gasteiger partial charge < -0.3 is 9.73 Å². The number of benzene rings is 2. The van der Waals surface area contributed by atoms with Crippen LogP contribution in [0.5, 0.6) is 0 Å². The van der Waals surface area contributed by atoms with E-state index < -0.39 is 10.8 Å². The van der Waals surface area contributed by atoms with Crippen LogP contribution < -0.4 is 5.32 Å². The molecule has 0 fully saturated rings. The van der Waals surface area contributed by atoms with Gasteiger partial charge in [0.05, 0.1) is 16.6 Å². The number of nitrogens with one attached hydrogen (secondary N) is 1. The third-order valence-corrected chi connectivity index (χ3v) is 5.64. The molecule has 0 saturated heterocycles. The van der Waals surface area contributed by atoms with Gasteiger partial charge in [0.1, 0.15) is 5.76 Å². The largest absolute Gasteiger partial charge is 0.455 e. The van der Waals surface area contributed by atoms with Crippen LogP contribution in [0, 0.1) is 0 Å². The summed E-state index contributed by atoms with van der Waals surface area (Å²) in [6.07, 6.45) is 0.690. The molecule has 1 heterocycles. The quantitative estimate of drug-likeness (QED) is 0.591. The average molecular weight is 422 g/mol. The number of halogens is 2. The van der Waals surface area contributed by atoms with Crippen molar-refractivity contribution in [3.8, 4) is 0 Å². The van der Waals surface area contributed by atoms with Crippen molar-refractivity contribution in [2.75, 3.05) is 6.54 Å². The fourth-order valence-electron chi connectivity index (χ4n) is 2.46. The van der Waals surface area contributed by atoms with Crippen molar-refractivity contribution in [2.45, 2.75) is 17.1 Å².